The smallest absolute Gasteiger partial charge is 0.251 e. The Kier molecular flexibility index (Phi) is 5.36. The van der Waals surface area contributed by atoms with Gasteiger partial charge in [0.2, 0.25) is 5.91 Å². The molecule has 5 nitrogen and oxygen atoms in total. The van der Waals surface area contributed by atoms with Gasteiger partial charge in [0.1, 0.15) is 0 Å². The molecule has 1 aliphatic heterocycles. The normalized spacial score (nSPS) is 15.3. The van der Waals surface area contributed by atoms with Crippen molar-refractivity contribution in [3.63, 3.8) is 0 Å². The average molecular weight is 359 g/mol. The summed E-state index contributed by atoms with van der Waals surface area (Å²) in [6, 6.07) is 14.0. The lowest BCUT2D eigenvalue weighted by atomic mass is 10.1. The molecule has 0 aromatic heterocycles. The van der Waals surface area contributed by atoms with E-state index in [4.69, 9.17) is 11.6 Å². The van der Waals surface area contributed by atoms with E-state index in [1.807, 2.05) is 18.2 Å². The molecule has 1 unspecified atom stereocenters. The topological polar surface area (TPSA) is 69.6 Å². The molecule has 25 heavy (non-hydrogen) atoms. The molecular weight excluding hydrogens is 340 g/mol. The third kappa shape index (κ3) is 4.00. The van der Waals surface area contributed by atoms with Gasteiger partial charge in [0.15, 0.2) is 0 Å². The lowest BCUT2D eigenvalue weighted by Crippen LogP contribution is -2.29. The molecular formula is C19H19ClN2O3. The van der Waals surface area contributed by atoms with Crippen molar-refractivity contribution < 1.29 is 14.7 Å². The van der Waals surface area contributed by atoms with Gasteiger partial charge in [-0.2, -0.15) is 0 Å². The molecule has 3 rings (SSSR count). The fourth-order valence-corrected chi connectivity index (χ4v) is 3.07. The second kappa shape index (κ2) is 7.68. The Morgan fingerprint density at radius 1 is 1.24 bits per heavy atom. The van der Waals surface area contributed by atoms with Gasteiger partial charge in [0, 0.05) is 25.1 Å². The molecule has 0 radical (unpaired) electrons. The van der Waals surface area contributed by atoms with E-state index < -0.39 is 6.10 Å². The minimum Gasteiger partial charge on any atom is -0.387 e. The van der Waals surface area contributed by atoms with Crippen molar-refractivity contribution in [1.29, 1.82) is 0 Å². The minimum absolute atomic E-state index is 0.0129. The highest BCUT2D eigenvalue weighted by molar-refractivity contribution is 6.34. The van der Waals surface area contributed by atoms with Crippen LogP contribution in [0.25, 0.3) is 0 Å². The number of benzene rings is 2. The summed E-state index contributed by atoms with van der Waals surface area (Å²) in [7, 11) is 0. The lowest BCUT2D eigenvalue weighted by molar-refractivity contribution is -0.117. The summed E-state index contributed by atoms with van der Waals surface area (Å²) >= 11 is 6.19. The van der Waals surface area contributed by atoms with E-state index in [-0.39, 0.29) is 18.4 Å². The zero-order valence-electron chi connectivity index (χ0n) is 13.6. The second-order valence-electron chi connectivity index (χ2n) is 5.95. The van der Waals surface area contributed by atoms with Gasteiger partial charge in [-0.3, -0.25) is 9.59 Å². The highest BCUT2D eigenvalue weighted by atomic mass is 35.5. The van der Waals surface area contributed by atoms with Crippen LogP contribution >= 0.6 is 11.6 Å². The van der Waals surface area contributed by atoms with Crippen LogP contribution in [0.3, 0.4) is 0 Å². The molecule has 2 aromatic carbocycles. The monoisotopic (exact) mass is 358 g/mol. The summed E-state index contributed by atoms with van der Waals surface area (Å²) in [6.45, 7) is 0.708. The SMILES string of the molecule is O=C(NCC(O)c1ccccc1)c1ccc(Cl)c(N2CCCC2=O)c1. The van der Waals surface area contributed by atoms with E-state index in [1.54, 1.807) is 35.2 Å². The van der Waals surface area contributed by atoms with Crippen LogP contribution in [0.4, 0.5) is 5.69 Å². The zero-order chi connectivity index (χ0) is 17.8. The van der Waals surface area contributed by atoms with Crippen LogP contribution in [0, 0.1) is 0 Å². The summed E-state index contributed by atoms with van der Waals surface area (Å²) < 4.78 is 0. The van der Waals surface area contributed by atoms with E-state index in [2.05, 4.69) is 5.32 Å². The zero-order valence-corrected chi connectivity index (χ0v) is 14.4. The van der Waals surface area contributed by atoms with Gasteiger partial charge < -0.3 is 15.3 Å². The number of nitrogens with zero attached hydrogens (tertiary/aromatic N) is 1. The Morgan fingerprint density at radius 2 is 2.00 bits per heavy atom. The Bertz CT molecular complexity index is 779. The number of carbonyl (C=O) groups excluding carboxylic acids is 2. The third-order valence-electron chi connectivity index (χ3n) is 4.21. The maximum atomic E-state index is 12.4. The Hall–Kier alpha value is -2.37. The molecule has 6 heteroatoms. The van der Waals surface area contributed by atoms with Crippen LogP contribution in [0.1, 0.15) is 34.9 Å². The first-order chi connectivity index (χ1) is 12.1. The highest BCUT2D eigenvalue weighted by Crippen LogP contribution is 2.30. The summed E-state index contributed by atoms with van der Waals surface area (Å²) in [4.78, 5) is 25.9. The largest absolute Gasteiger partial charge is 0.387 e. The first-order valence-electron chi connectivity index (χ1n) is 8.17. The molecule has 0 aliphatic carbocycles. The second-order valence-corrected chi connectivity index (χ2v) is 6.36. The van der Waals surface area contributed by atoms with Gasteiger partial charge in [0.25, 0.3) is 5.91 Å². The molecule has 0 spiro atoms. The van der Waals surface area contributed by atoms with Crippen molar-refractivity contribution in [3.05, 3.63) is 64.7 Å². The summed E-state index contributed by atoms with van der Waals surface area (Å²) in [5.74, 6) is -0.307. The number of hydrogen-bond donors (Lipinski definition) is 2. The molecule has 1 heterocycles. The standard InChI is InChI=1S/C19H19ClN2O3/c20-15-9-8-14(11-16(15)22-10-4-7-18(22)24)19(25)21-12-17(23)13-5-2-1-3-6-13/h1-3,5-6,8-9,11,17,23H,4,7,10,12H2,(H,21,25). The average Bonchev–Trinajstić information content (AvgIpc) is 3.06. The summed E-state index contributed by atoms with van der Waals surface area (Å²) in [6.07, 6.45) is 0.502. The van der Waals surface area contributed by atoms with Gasteiger partial charge in [-0.05, 0) is 30.2 Å². The van der Waals surface area contributed by atoms with Crippen LogP contribution in [0.5, 0.6) is 0 Å². The molecule has 2 aromatic rings. The summed E-state index contributed by atoms with van der Waals surface area (Å²) in [5.41, 5.74) is 1.70. The molecule has 1 atom stereocenters. The Balaban J connectivity index is 1.69. The minimum atomic E-state index is -0.780. The maximum Gasteiger partial charge on any atom is 0.251 e. The first-order valence-corrected chi connectivity index (χ1v) is 8.55. The predicted octanol–water partition coefficient (Wildman–Crippen LogP) is 2.93. The van der Waals surface area contributed by atoms with Crippen LogP contribution in [0.2, 0.25) is 5.02 Å². The number of nitrogens with one attached hydrogen (secondary N) is 1. The quantitative estimate of drug-likeness (QED) is 0.863. The number of halogens is 1. The van der Waals surface area contributed by atoms with Gasteiger partial charge in [-0.15, -0.1) is 0 Å². The molecule has 1 fully saturated rings. The molecule has 0 bridgehead atoms. The van der Waals surface area contributed by atoms with Crippen molar-refractivity contribution in [1.82, 2.24) is 5.32 Å². The van der Waals surface area contributed by atoms with E-state index in [9.17, 15) is 14.7 Å². The third-order valence-corrected chi connectivity index (χ3v) is 4.53. The lowest BCUT2D eigenvalue weighted by Gasteiger charge is -2.18. The van der Waals surface area contributed by atoms with Gasteiger partial charge in [0.05, 0.1) is 16.8 Å². The first kappa shape index (κ1) is 17.5. The van der Waals surface area contributed by atoms with E-state index in [1.165, 1.54) is 0 Å². The van der Waals surface area contributed by atoms with Gasteiger partial charge in [-0.1, -0.05) is 41.9 Å². The molecule has 2 N–H and O–H groups in total. The summed E-state index contributed by atoms with van der Waals surface area (Å²) in [5, 5.41) is 13.3. The molecule has 130 valence electrons. The maximum absolute atomic E-state index is 12.4. The number of carbonyl (C=O) groups is 2. The number of amides is 2. The molecule has 0 saturated carbocycles. The molecule has 1 aliphatic rings. The van der Waals surface area contributed by atoms with Crippen LogP contribution in [-0.2, 0) is 4.79 Å². The number of aliphatic hydroxyl groups excluding tert-OH is 1. The van der Waals surface area contributed by atoms with Crippen molar-refractivity contribution in [3.8, 4) is 0 Å². The Labute approximate surface area is 151 Å². The van der Waals surface area contributed by atoms with Crippen LogP contribution in [0.15, 0.2) is 48.5 Å². The highest BCUT2D eigenvalue weighted by Gasteiger charge is 2.24. The fraction of sp³-hybridized carbons (Fsp3) is 0.263. The number of rotatable bonds is 5. The Morgan fingerprint density at radius 3 is 2.68 bits per heavy atom. The van der Waals surface area contributed by atoms with E-state index >= 15 is 0 Å². The van der Waals surface area contributed by atoms with Crippen molar-refractivity contribution in [2.24, 2.45) is 0 Å². The fourth-order valence-electron chi connectivity index (χ4n) is 2.85. The molecule has 2 amide bonds. The van der Waals surface area contributed by atoms with Gasteiger partial charge >= 0.3 is 0 Å². The van der Waals surface area contributed by atoms with Crippen molar-refractivity contribution >= 4 is 29.1 Å². The number of hydrogen-bond acceptors (Lipinski definition) is 3. The van der Waals surface area contributed by atoms with Gasteiger partial charge in [-0.25, -0.2) is 0 Å². The number of anilines is 1. The van der Waals surface area contributed by atoms with E-state index in [0.29, 0.717) is 29.2 Å². The predicted molar refractivity (Wildman–Crippen MR) is 96.8 cm³/mol. The molecule has 1 saturated heterocycles. The van der Waals surface area contributed by atoms with E-state index in [0.717, 1.165) is 12.0 Å². The van der Waals surface area contributed by atoms with Crippen LogP contribution in [-0.4, -0.2) is 30.0 Å². The number of aliphatic hydroxyl groups is 1. The van der Waals surface area contributed by atoms with Crippen molar-refractivity contribution in [2.45, 2.75) is 18.9 Å². The van der Waals surface area contributed by atoms with Crippen molar-refractivity contribution in [2.75, 3.05) is 18.0 Å². The van der Waals surface area contributed by atoms with Crippen LogP contribution < -0.4 is 10.2 Å².